The fraction of sp³-hybridized carbons (Fsp3) is 0.417. The zero-order valence-corrected chi connectivity index (χ0v) is 19.0. The second-order valence-electron chi connectivity index (χ2n) is 8.73. The van der Waals surface area contributed by atoms with Gasteiger partial charge in [0.1, 0.15) is 17.3 Å². The maximum atomic E-state index is 6.24. The summed E-state index contributed by atoms with van der Waals surface area (Å²) in [7, 11) is 3.88. The van der Waals surface area contributed by atoms with Crippen molar-refractivity contribution in [1.29, 1.82) is 0 Å². The highest BCUT2D eigenvalue weighted by Gasteiger charge is 2.23. The molecule has 32 heavy (non-hydrogen) atoms. The van der Waals surface area contributed by atoms with Gasteiger partial charge in [0.05, 0.1) is 23.5 Å². The van der Waals surface area contributed by atoms with Crippen molar-refractivity contribution in [2.45, 2.75) is 51.7 Å². The molecule has 4 heterocycles. The Morgan fingerprint density at radius 1 is 1.06 bits per heavy atom. The van der Waals surface area contributed by atoms with Gasteiger partial charge in [-0.2, -0.15) is 10.2 Å². The molecule has 0 bridgehead atoms. The average molecular weight is 432 g/mol. The second-order valence-corrected chi connectivity index (χ2v) is 8.73. The Kier molecular flexibility index (Phi) is 5.28. The first kappa shape index (κ1) is 20.5. The maximum absolute atomic E-state index is 6.24. The molecule has 1 N–H and O–H groups in total. The van der Waals surface area contributed by atoms with Crippen LogP contribution in [0.4, 0.5) is 5.82 Å². The van der Waals surface area contributed by atoms with E-state index in [9.17, 15) is 0 Å². The Bertz CT molecular complexity index is 1250. The molecule has 0 aromatic carbocycles. The summed E-state index contributed by atoms with van der Waals surface area (Å²) in [6.45, 7) is 4.01. The lowest BCUT2D eigenvalue weighted by Gasteiger charge is -2.30. The molecule has 1 saturated carbocycles. The van der Waals surface area contributed by atoms with Crippen LogP contribution >= 0.6 is 0 Å². The molecular formula is C24H29N7O. The van der Waals surface area contributed by atoms with Crippen LogP contribution in [0.2, 0.25) is 0 Å². The van der Waals surface area contributed by atoms with Crippen molar-refractivity contribution in [2.75, 3.05) is 5.32 Å². The highest BCUT2D eigenvalue weighted by molar-refractivity contribution is 5.93. The summed E-state index contributed by atoms with van der Waals surface area (Å²) in [6, 6.07) is 6.53. The first-order valence-corrected chi connectivity index (χ1v) is 11.2. The molecule has 0 saturated heterocycles. The molecule has 0 aliphatic heterocycles. The fourth-order valence-electron chi connectivity index (χ4n) is 4.50. The summed E-state index contributed by atoms with van der Waals surface area (Å²) in [5, 5.41) is 13.6. The van der Waals surface area contributed by atoms with Crippen molar-refractivity contribution in [2.24, 2.45) is 14.1 Å². The Morgan fingerprint density at radius 2 is 1.88 bits per heavy atom. The second kappa shape index (κ2) is 8.26. The molecule has 8 nitrogen and oxygen atoms in total. The zero-order chi connectivity index (χ0) is 22.2. The largest absolute Gasteiger partial charge is 0.489 e. The van der Waals surface area contributed by atoms with E-state index in [1.54, 1.807) is 4.68 Å². The standard InChI is InChI=1S/C24H29N7O/c1-15-5-10-22(16(2)27-15)32-19-8-6-18(7-9-19)28-23-11-21-20(13-25-23)24(29-31(21)4)17-12-26-30(3)14-17/h5,10-14,18-19H,6-9H2,1-4H3,(H,25,28). The number of nitrogens with zero attached hydrogens (tertiary/aromatic N) is 6. The Morgan fingerprint density at radius 3 is 2.59 bits per heavy atom. The van der Waals surface area contributed by atoms with Gasteiger partial charge in [0.2, 0.25) is 0 Å². The molecule has 0 spiro atoms. The van der Waals surface area contributed by atoms with Crippen molar-refractivity contribution < 1.29 is 4.74 Å². The summed E-state index contributed by atoms with van der Waals surface area (Å²) >= 11 is 0. The quantitative estimate of drug-likeness (QED) is 0.510. The van der Waals surface area contributed by atoms with E-state index in [4.69, 9.17) is 9.84 Å². The van der Waals surface area contributed by atoms with Gasteiger partial charge in [-0.05, 0) is 51.7 Å². The molecule has 0 unspecified atom stereocenters. The number of nitrogens with one attached hydrogen (secondary N) is 1. The van der Waals surface area contributed by atoms with E-state index in [2.05, 4.69) is 26.4 Å². The first-order chi connectivity index (χ1) is 15.5. The van der Waals surface area contributed by atoms with Gasteiger partial charge >= 0.3 is 0 Å². The summed E-state index contributed by atoms with van der Waals surface area (Å²) in [6.07, 6.45) is 10.1. The number of aryl methyl sites for hydroxylation is 4. The van der Waals surface area contributed by atoms with Crippen molar-refractivity contribution >= 4 is 16.7 Å². The molecular weight excluding hydrogens is 402 g/mol. The number of anilines is 1. The molecule has 4 aromatic rings. The minimum Gasteiger partial charge on any atom is -0.489 e. The van der Waals surface area contributed by atoms with Gasteiger partial charge in [-0.3, -0.25) is 14.3 Å². The van der Waals surface area contributed by atoms with E-state index in [-0.39, 0.29) is 6.10 Å². The van der Waals surface area contributed by atoms with Gasteiger partial charge in [-0.1, -0.05) is 0 Å². The van der Waals surface area contributed by atoms with Crippen LogP contribution in [0.1, 0.15) is 37.1 Å². The van der Waals surface area contributed by atoms with Crippen molar-refractivity contribution in [3.63, 3.8) is 0 Å². The number of pyridine rings is 2. The highest BCUT2D eigenvalue weighted by atomic mass is 16.5. The lowest BCUT2D eigenvalue weighted by molar-refractivity contribution is 0.148. The molecule has 1 aliphatic carbocycles. The van der Waals surface area contributed by atoms with Crippen molar-refractivity contribution in [1.82, 2.24) is 29.5 Å². The van der Waals surface area contributed by atoms with E-state index in [1.165, 1.54) is 0 Å². The van der Waals surface area contributed by atoms with Gasteiger partial charge in [-0.15, -0.1) is 0 Å². The van der Waals surface area contributed by atoms with Crippen LogP contribution in [-0.2, 0) is 14.1 Å². The summed E-state index contributed by atoms with van der Waals surface area (Å²) < 4.78 is 9.93. The summed E-state index contributed by atoms with van der Waals surface area (Å²) in [5.41, 5.74) is 4.95. The van der Waals surface area contributed by atoms with E-state index in [1.807, 2.05) is 63.3 Å². The molecule has 4 aromatic heterocycles. The summed E-state index contributed by atoms with van der Waals surface area (Å²) in [5.74, 6) is 1.79. The molecule has 166 valence electrons. The molecule has 0 radical (unpaired) electrons. The molecule has 0 amide bonds. The number of fused-ring (bicyclic) bond motifs is 1. The lowest BCUT2D eigenvalue weighted by atomic mass is 9.93. The van der Waals surface area contributed by atoms with Crippen molar-refractivity contribution in [3.05, 3.63) is 48.2 Å². The Labute approximate surface area is 187 Å². The third kappa shape index (κ3) is 4.04. The Hall–Kier alpha value is -3.42. The number of hydrogen-bond donors (Lipinski definition) is 1. The van der Waals surface area contributed by atoms with Gasteiger partial charge < -0.3 is 10.1 Å². The fourth-order valence-corrected chi connectivity index (χ4v) is 4.50. The topological polar surface area (TPSA) is 82.7 Å². The van der Waals surface area contributed by atoms with Crippen LogP contribution in [0.15, 0.2) is 36.8 Å². The van der Waals surface area contributed by atoms with E-state index in [0.29, 0.717) is 6.04 Å². The number of aromatic nitrogens is 6. The van der Waals surface area contributed by atoms with Gasteiger partial charge in [-0.25, -0.2) is 4.98 Å². The van der Waals surface area contributed by atoms with E-state index < -0.39 is 0 Å². The predicted octanol–water partition coefficient (Wildman–Crippen LogP) is 4.18. The lowest BCUT2D eigenvalue weighted by Crippen LogP contribution is -2.31. The molecule has 5 rings (SSSR count). The molecule has 0 atom stereocenters. The molecule has 1 fully saturated rings. The average Bonchev–Trinajstić information content (AvgIpc) is 3.34. The minimum absolute atomic E-state index is 0.241. The SMILES string of the molecule is Cc1ccc(OC2CCC(Nc3cc4c(cn3)c(-c3cnn(C)c3)nn4C)CC2)c(C)n1. The third-order valence-electron chi connectivity index (χ3n) is 6.21. The zero-order valence-electron chi connectivity index (χ0n) is 19.0. The first-order valence-electron chi connectivity index (χ1n) is 11.2. The number of rotatable bonds is 5. The van der Waals surface area contributed by atoms with Crippen molar-refractivity contribution in [3.8, 4) is 17.0 Å². The normalized spacial score (nSPS) is 18.8. The van der Waals surface area contributed by atoms with E-state index >= 15 is 0 Å². The highest BCUT2D eigenvalue weighted by Crippen LogP contribution is 2.30. The van der Waals surface area contributed by atoms with Crippen LogP contribution in [-0.4, -0.2) is 41.7 Å². The van der Waals surface area contributed by atoms with Crippen LogP contribution in [0.3, 0.4) is 0 Å². The monoisotopic (exact) mass is 431 g/mol. The molecule has 1 aliphatic rings. The summed E-state index contributed by atoms with van der Waals surface area (Å²) in [4.78, 5) is 9.19. The van der Waals surface area contributed by atoms with Crippen LogP contribution < -0.4 is 10.1 Å². The van der Waals surface area contributed by atoms with Gasteiger partial charge in [0.15, 0.2) is 0 Å². The van der Waals surface area contributed by atoms with Crippen LogP contribution in [0, 0.1) is 13.8 Å². The number of hydrogen-bond acceptors (Lipinski definition) is 6. The predicted molar refractivity (Wildman–Crippen MR) is 125 cm³/mol. The Balaban J connectivity index is 1.24. The van der Waals surface area contributed by atoms with Crippen LogP contribution in [0.5, 0.6) is 5.75 Å². The van der Waals surface area contributed by atoms with Gasteiger partial charge in [0, 0.05) is 55.2 Å². The van der Waals surface area contributed by atoms with E-state index in [0.717, 1.165) is 70.8 Å². The maximum Gasteiger partial charge on any atom is 0.140 e. The smallest absolute Gasteiger partial charge is 0.140 e. The molecule has 8 heteroatoms. The number of ether oxygens (including phenoxy) is 1. The van der Waals surface area contributed by atoms with Gasteiger partial charge in [0.25, 0.3) is 0 Å². The van der Waals surface area contributed by atoms with Crippen LogP contribution in [0.25, 0.3) is 22.2 Å². The minimum atomic E-state index is 0.241. The third-order valence-corrected chi connectivity index (χ3v) is 6.21.